The van der Waals surface area contributed by atoms with Gasteiger partial charge in [0.1, 0.15) is 5.69 Å². The van der Waals surface area contributed by atoms with Crippen molar-refractivity contribution < 1.29 is 13.9 Å². The molecule has 1 aliphatic rings. The molecule has 0 aliphatic carbocycles. The normalized spacial score (nSPS) is 14.0. The van der Waals surface area contributed by atoms with Crippen LogP contribution < -0.4 is 15.6 Å². The van der Waals surface area contributed by atoms with E-state index in [0.717, 1.165) is 19.2 Å². The summed E-state index contributed by atoms with van der Waals surface area (Å²) in [5, 5.41) is 3.29. The number of carbonyl (C=O) groups excluding carboxylic acids is 1. The van der Waals surface area contributed by atoms with Crippen LogP contribution in [0.4, 0.5) is 10.2 Å². The van der Waals surface area contributed by atoms with Gasteiger partial charge in [0.15, 0.2) is 22.7 Å². The van der Waals surface area contributed by atoms with E-state index < -0.39 is 17.2 Å². The number of anilines is 1. The molecule has 0 spiro atoms. The Labute approximate surface area is 162 Å². The number of ether oxygens (including phenoxy) is 1. The summed E-state index contributed by atoms with van der Waals surface area (Å²) < 4.78 is 21.1. The Kier molecular flexibility index (Phi) is 6.56. The van der Waals surface area contributed by atoms with Gasteiger partial charge in [-0.25, -0.2) is 14.2 Å². The molecule has 27 heavy (non-hydrogen) atoms. The van der Waals surface area contributed by atoms with E-state index in [0.29, 0.717) is 18.8 Å². The SMILES string of the molecule is C=C(C)n1c(C(=O)OCC)cc(=O)c2cc(F)c(N3CCNCC3)nc21.Cl. The van der Waals surface area contributed by atoms with Crippen molar-refractivity contribution in [1.29, 1.82) is 0 Å². The molecule has 0 bridgehead atoms. The maximum atomic E-state index is 14.6. The Bertz CT molecular complexity index is 938. The third kappa shape index (κ3) is 3.96. The number of rotatable bonds is 4. The number of hydrogen-bond donors (Lipinski definition) is 1. The van der Waals surface area contributed by atoms with Crippen molar-refractivity contribution in [3.63, 3.8) is 0 Å². The minimum Gasteiger partial charge on any atom is -0.461 e. The molecule has 0 saturated carbocycles. The number of fused-ring (bicyclic) bond motifs is 1. The lowest BCUT2D eigenvalue weighted by Crippen LogP contribution is -2.44. The standard InChI is InChI=1S/C18H21FN4O3.ClH/c1-4-26-18(25)14-10-15(24)12-9-13(19)17(22-7-5-20-6-8-22)21-16(12)23(14)11(2)3;/h9-10,20H,2,4-8H2,1,3H3;1H. The summed E-state index contributed by atoms with van der Waals surface area (Å²) in [6.45, 7) is 10.0. The molecule has 1 N–H and O–H groups in total. The molecular formula is C18H22ClFN4O3. The molecule has 146 valence electrons. The number of esters is 1. The van der Waals surface area contributed by atoms with Crippen molar-refractivity contribution in [2.24, 2.45) is 0 Å². The highest BCUT2D eigenvalue weighted by atomic mass is 35.5. The summed E-state index contributed by atoms with van der Waals surface area (Å²) >= 11 is 0. The van der Waals surface area contributed by atoms with Crippen LogP contribution in [0.25, 0.3) is 16.7 Å². The van der Waals surface area contributed by atoms with E-state index in [1.165, 1.54) is 10.6 Å². The second kappa shape index (κ2) is 8.49. The first-order chi connectivity index (χ1) is 12.4. The van der Waals surface area contributed by atoms with Gasteiger partial charge in [-0.1, -0.05) is 6.58 Å². The highest BCUT2D eigenvalue weighted by Gasteiger charge is 2.22. The number of piperazine rings is 1. The molecule has 3 heterocycles. The lowest BCUT2D eigenvalue weighted by molar-refractivity contribution is 0.0517. The Hall–Kier alpha value is -2.45. The van der Waals surface area contributed by atoms with Crippen molar-refractivity contribution in [2.45, 2.75) is 13.8 Å². The van der Waals surface area contributed by atoms with Crippen LogP contribution in [-0.2, 0) is 4.74 Å². The first-order valence-electron chi connectivity index (χ1n) is 8.49. The van der Waals surface area contributed by atoms with Crippen molar-refractivity contribution in [1.82, 2.24) is 14.9 Å². The summed E-state index contributed by atoms with van der Waals surface area (Å²) in [5.74, 6) is -1.05. The molecule has 0 radical (unpaired) electrons. The molecule has 0 atom stereocenters. The van der Waals surface area contributed by atoms with E-state index in [1.54, 1.807) is 13.8 Å². The van der Waals surface area contributed by atoms with E-state index in [4.69, 9.17) is 4.74 Å². The molecule has 0 aromatic carbocycles. The lowest BCUT2D eigenvalue weighted by Gasteiger charge is -2.29. The number of nitrogens with zero attached hydrogens (tertiary/aromatic N) is 3. The molecule has 1 fully saturated rings. The highest BCUT2D eigenvalue weighted by molar-refractivity contribution is 5.93. The fourth-order valence-corrected chi connectivity index (χ4v) is 3.04. The van der Waals surface area contributed by atoms with Gasteiger partial charge in [0.25, 0.3) is 0 Å². The van der Waals surface area contributed by atoms with Gasteiger partial charge < -0.3 is 15.0 Å². The topological polar surface area (TPSA) is 76.5 Å². The minimum absolute atomic E-state index is 0. The summed E-state index contributed by atoms with van der Waals surface area (Å²) in [6, 6.07) is 2.32. The third-order valence-corrected chi connectivity index (χ3v) is 4.21. The van der Waals surface area contributed by atoms with E-state index in [9.17, 15) is 14.0 Å². The van der Waals surface area contributed by atoms with Crippen molar-refractivity contribution in [3.05, 3.63) is 40.4 Å². The molecule has 2 aromatic heterocycles. The smallest absolute Gasteiger partial charge is 0.355 e. The predicted octanol–water partition coefficient (Wildman–Crippen LogP) is 2.03. The Morgan fingerprint density at radius 3 is 2.63 bits per heavy atom. The molecule has 1 aliphatic heterocycles. The maximum absolute atomic E-state index is 14.6. The van der Waals surface area contributed by atoms with E-state index in [-0.39, 0.29) is 41.6 Å². The highest BCUT2D eigenvalue weighted by Crippen LogP contribution is 2.24. The Balaban J connectivity index is 0.00000261. The fourth-order valence-electron chi connectivity index (χ4n) is 3.04. The van der Waals surface area contributed by atoms with E-state index in [2.05, 4.69) is 16.9 Å². The largest absolute Gasteiger partial charge is 0.461 e. The quantitative estimate of drug-likeness (QED) is 0.797. The average Bonchev–Trinajstić information content (AvgIpc) is 2.62. The van der Waals surface area contributed by atoms with Gasteiger partial charge in [0.05, 0.1) is 12.0 Å². The van der Waals surface area contributed by atoms with Crippen LogP contribution in [0.2, 0.25) is 0 Å². The second-order valence-electron chi connectivity index (χ2n) is 6.09. The van der Waals surface area contributed by atoms with Gasteiger partial charge in [-0.2, -0.15) is 0 Å². The summed E-state index contributed by atoms with van der Waals surface area (Å²) in [7, 11) is 0. The molecule has 3 rings (SSSR count). The van der Waals surface area contributed by atoms with Gasteiger partial charge in [-0.05, 0) is 19.9 Å². The fraction of sp³-hybridized carbons (Fsp3) is 0.389. The molecule has 9 heteroatoms. The molecule has 0 unspecified atom stereocenters. The average molecular weight is 397 g/mol. The number of pyridine rings is 2. The van der Waals surface area contributed by atoms with Crippen LogP contribution in [0.1, 0.15) is 24.3 Å². The molecule has 7 nitrogen and oxygen atoms in total. The molecule has 2 aromatic rings. The molecule has 0 amide bonds. The lowest BCUT2D eigenvalue weighted by atomic mass is 10.2. The van der Waals surface area contributed by atoms with Gasteiger partial charge >= 0.3 is 5.97 Å². The second-order valence-corrected chi connectivity index (χ2v) is 6.09. The number of allylic oxidation sites excluding steroid dienone is 1. The first kappa shape index (κ1) is 20.9. The molecular weight excluding hydrogens is 375 g/mol. The zero-order valence-electron chi connectivity index (χ0n) is 15.2. The van der Waals surface area contributed by atoms with Gasteiger partial charge in [-0.3, -0.25) is 9.36 Å². The van der Waals surface area contributed by atoms with Crippen LogP contribution in [0.5, 0.6) is 0 Å². The van der Waals surface area contributed by atoms with Crippen LogP contribution in [0, 0.1) is 5.82 Å². The number of nitrogens with one attached hydrogen (secondary N) is 1. The zero-order chi connectivity index (χ0) is 18.8. The van der Waals surface area contributed by atoms with Gasteiger partial charge in [-0.15, -0.1) is 12.4 Å². The van der Waals surface area contributed by atoms with Crippen LogP contribution in [-0.4, -0.2) is 48.3 Å². The van der Waals surface area contributed by atoms with Gasteiger partial charge in [0, 0.05) is 37.9 Å². The number of halogens is 2. The summed E-state index contributed by atoms with van der Waals surface area (Å²) in [4.78, 5) is 30.9. The molecule has 1 saturated heterocycles. The number of hydrogen-bond acceptors (Lipinski definition) is 6. The van der Waals surface area contributed by atoms with Crippen molar-refractivity contribution in [2.75, 3.05) is 37.7 Å². The van der Waals surface area contributed by atoms with E-state index in [1.807, 2.05) is 4.90 Å². The van der Waals surface area contributed by atoms with Gasteiger partial charge in [0.2, 0.25) is 0 Å². The zero-order valence-corrected chi connectivity index (χ0v) is 16.1. The minimum atomic E-state index is -0.649. The summed E-state index contributed by atoms with van der Waals surface area (Å²) in [5.41, 5.74) is 0.215. The predicted molar refractivity (Wildman–Crippen MR) is 105 cm³/mol. The maximum Gasteiger partial charge on any atom is 0.355 e. The third-order valence-electron chi connectivity index (χ3n) is 4.21. The van der Waals surface area contributed by atoms with E-state index >= 15 is 0 Å². The Morgan fingerprint density at radius 1 is 1.37 bits per heavy atom. The van der Waals surface area contributed by atoms with Crippen molar-refractivity contribution >= 4 is 40.9 Å². The number of aromatic nitrogens is 2. The monoisotopic (exact) mass is 396 g/mol. The Morgan fingerprint density at radius 2 is 2.04 bits per heavy atom. The number of carbonyl (C=O) groups is 1. The van der Waals surface area contributed by atoms with Crippen LogP contribution in [0.15, 0.2) is 23.5 Å². The van der Waals surface area contributed by atoms with Crippen molar-refractivity contribution in [3.8, 4) is 0 Å². The van der Waals surface area contributed by atoms with Crippen LogP contribution >= 0.6 is 12.4 Å². The van der Waals surface area contributed by atoms with Crippen LogP contribution in [0.3, 0.4) is 0 Å². The first-order valence-corrected chi connectivity index (χ1v) is 8.49. The summed E-state index contributed by atoms with van der Waals surface area (Å²) in [6.07, 6.45) is 0.